The lowest BCUT2D eigenvalue weighted by Gasteiger charge is -2.18. The summed E-state index contributed by atoms with van der Waals surface area (Å²) in [5, 5.41) is 10.7. The summed E-state index contributed by atoms with van der Waals surface area (Å²) < 4.78 is 12.1. The summed E-state index contributed by atoms with van der Waals surface area (Å²) >= 11 is 0. The molecule has 0 unspecified atom stereocenters. The first-order valence-electron chi connectivity index (χ1n) is 24.6. The molecular weight excluding hydrogens is 901 g/mol. The number of hydrogen-bond donors (Lipinski definition) is 0. The van der Waals surface area contributed by atoms with Gasteiger partial charge in [0.25, 0.3) is 0 Å². The van der Waals surface area contributed by atoms with Gasteiger partial charge in [-0.15, -0.1) is 0 Å². The lowest BCUT2D eigenvalue weighted by Crippen LogP contribution is -2.12. The van der Waals surface area contributed by atoms with Gasteiger partial charge in [0, 0.05) is 89.6 Å². The molecule has 0 saturated heterocycles. The number of fused-ring (bicyclic) bond motifs is 5. The van der Waals surface area contributed by atoms with Crippen LogP contribution in [0, 0.1) is 47.4 Å². The first-order chi connectivity index (χ1) is 36.3. The normalized spacial score (nSPS) is 10.7. The van der Waals surface area contributed by atoms with E-state index in [2.05, 4.69) is 253 Å². The highest BCUT2D eigenvalue weighted by molar-refractivity contribution is 6.10. The van der Waals surface area contributed by atoms with Gasteiger partial charge >= 0.3 is 0 Å². The summed E-state index contributed by atoms with van der Waals surface area (Å²) in [5.74, 6) is 29.7. The van der Waals surface area contributed by atoms with E-state index in [1.54, 1.807) is 7.11 Å². The summed E-state index contributed by atoms with van der Waals surface area (Å²) in [6, 6.07) is 68.9. The van der Waals surface area contributed by atoms with E-state index in [0.29, 0.717) is 6.61 Å². The highest BCUT2D eigenvalue weighted by Crippen LogP contribution is 2.34. The Labute approximate surface area is 433 Å². The minimum absolute atomic E-state index is 0.375. The van der Waals surface area contributed by atoms with Crippen molar-refractivity contribution in [1.29, 1.82) is 0 Å². The van der Waals surface area contributed by atoms with E-state index in [1.165, 1.54) is 0 Å². The Morgan fingerprint density at radius 2 is 0.811 bits per heavy atom. The van der Waals surface area contributed by atoms with Crippen LogP contribution in [-0.2, 0) is 6.61 Å². The number of benzene rings is 11. The Balaban J connectivity index is 0.856. The molecule has 0 atom stereocenters. The standard InChI is InChI=1S/C70H50N2O2/c1-71(2)57-35-26-48(27-36-57)24-29-52-31-32-53(63-19-7-6-18-62(52)63)30-25-49-28-43-70(72(3)4)56(44-49)47-74-59-38-42-61-51(15-13-17-55(61)46-59)34-40-69-66-22-10-8-20-64(66)68(65-21-9-11-23-67(65)69)39-33-50-14-12-16-54-45-58(73-5)37-41-60(50)54/h6-23,26-28,31-32,35-38,41-46H,47H2,1-5H3. The van der Waals surface area contributed by atoms with Crippen molar-refractivity contribution in [1.82, 2.24) is 0 Å². The van der Waals surface area contributed by atoms with Crippen LogP contribution in [0.15, 0.2) is 200 Å². The van der Waals surface area contributed by atoms with Crippen LogP contribution < -0.4 is 19.3 Å². The van der Waals surface area contributed by atoms with E-state index in [4.69, 9.17) is 9.47 Å². The van der Waals surface area contributed by atoms with Gasteiger partial charge in [0.15, 0.2) is 0 Å². The lowest BCUT2D eigenvalue weighted by atomic mass is 9.91. The number of nitrogens with zero attached hydrogens (tertiary/aromatic N) is 2. The van der Waals surface area contributed by atoms with Crippen molar-refractivity contribution >= 4 is 65.2 Å². The average Bonchev–Trinajstić information content (AvgIpc) is 3.44. The summed E-state index contributed by atoms with van der Waals surface area (Å²) in [4.78, 5) is 4.20. The van der Waals surface area contributed by atoms with Crippen LogP contribution in [0.25, 0.3) is 53.9 Å². The lowest BCUT2D eigenvalue weighted by molar-refractivity contribution is 0.307. The molecule has 0 aliphatic heterocycles. The second-order valence-electron chi connectivity index (χ2n) is 18.6. The fourth-order valence-electron chi connectivity index (χ4n) is 9.63. The fraction of sp³-hybridized carbons (Fsp3) is 0.0857. The van der Waals surface area contributed by atoms with Crippen LogP contribution in [0.4, 0.5) is 11.4 Å². The molecule has 0 aliphatic carbocycles. The molecule has 0 bridgehead atoms. The number of anilines is 2. The van der Waals surface area contributed by atoms with Gasteiger partial charge in [-0.3, -0.25) is 0 Å². The monoisotopic (exact) mass is 950 g/mol. The maximum atomic E-state index is 6.56. The molecule has 0 aliphatic rings. The van der Waals surface area contributed by atoms with Gasteiger partial charge in [0.05, 0.1) is 7.11 Å². The largest absolute Gasteiger partial charge is 0.497 e. The van der Waals surface area contributed by atoms with Crippen LogP contribution in [0.3, 0.4) is 0 Å². The van der Waals surface area contributed by atoms with E-state index >= 15 is 0 Å². The predicted octanol–water partition coefficient (Wildman–Crippen LogP) is 14.8. The van der Waals surface area contributed by atoms with Gasteiger partial charge < -0.3 is 19.3 Å². The predicted molar refractivity (Wildman–Crippen MR) is 310 cm³/mol. The number of rotatable bonds is 6. The second-order valence-corrected chi connectivity index (χ2v) is 18.6. The smallest absolute Gasteiger partial charge is 0.120 e. The van der Waals surface area contributed by atoms with Gasteiger partial charge in [-0.05, 0) is 157 Å². The third-order valence-corrected chi connectivity index (χ3v) is 13.5. The number of methoxy groups -OCH3 is 1. The zero-order valence-corrected chi connectivity index (χ0v) is 42.0. The molecule has 11 aromatic rings. The molecule has 4 heteroatoms. The second kappa shape index (κ2) is 20.5. The Morgan fingerprint density at radius 1 is 0.351 bits per heavy atom. The van der Waals surface area contributed by atoms with E-state index < -0.39 is 0 Å². The summed E-state index contributed by atoms with van der Waals surface area (Å²) in [7, 11) is 9.88. The summed E-state index contributed by atoms with van der Waals surface area (Å²) in [6.07, 6.45) is 0. The Bertz CT molecular complexity index is 4210. The van der Waals surface area contributed by atoms with Gasteiger partial charge in [-0.1, -0.05) is 144 Å². The summed E-state index contributed by atoms with van der Waals surface area (Å²) in [5.41, 5.74) is 11.0. The van der Waals surface area contributed by atoms with Gasteiger partial charge in [-0.2, -0.15) is 0 Å². The third kappa shape index (κ3) is 9.53. The van der Waals surface area contributed by atoms with E-state index in [0.717, 1.165) is 127 Å². The zero-order valence-electron chi connectivity index (χ0n) is 42.0. The highest BCUT2D eigenvalue weighted by atomic mass is 16.5. The molecule has 0 aromatic heterocycles. The Hall–Kier alpha value is -9.84. The SMILES string of the molecule is COc1ccc2c(C#Cc3c4ccccc4c(C#Cc4cccc5cc(OCc6cc(C#Cc7ccc(C#Cc8ccc(N(C)C)cc8)c8ccccc78)ccc6N(C)C)ccc45)c4ccccc34)cccc2c1. The molecule has 0 radical (unpaired) electrons. The molecule has 0 saturated carbocycles. The first kappa shape index (κ1) is 46.5. The van der Waals surface area contributed by atoms with Crippen LogP contribution in [0.5, 0.6) is 11.5 Å². The minimum Gasteiger partial charge on any atom is -0.497 e. The van der Waals surface area contributed by atoms with Crippen molar-refractivity contribution in [3.8, 4) is 58.9 Å². The molecule has 0 fully saturated rings. The van der Waals surface area contributed by atoms with Crippen molar-refractivity contribution in [2.75, 3.05) is 45.1 Å². The highest BCUT2D eigenvalue weighted by Gasteiger charge is 2.13. The van der Waals surface area contributed by atoms with E-state index in [-0.39, 0.29) is 0 Å². The van der Waals surface area contributed by atoms with Crippen molar-refractivity contribution in [3.63, 3.8) is 0 Å². The third-order valence-electron chi connectivity index (χ3n) is 13.5. The maximum absolute atomic E-state index is 6.56. The molecule has 0 N–H and O–H groups in total. The van der Waals surface area contributed by atoms with Gasteiger partial charge in [-0.25, -0.2) is 0 Å². The first-order valence-corrected chi connectivity index (χ1v) is 24.6. The van der Waals surface area contributed by atoms with Crippen molar-refractivity contribution < 1.29 is 9.47 Å². The quantitative estimate of drug-likeness (QED) is 0.122. The molecule has 352 valence electrons. The fourth-order valence-corrected chi connectivity index (χ4v) is 9.63. The minimum atomic E-state index is 0.375. The number of hydrogen-bond acceptors (Lipinski definition) is 4. The van der Waals surface area contributed by atoms with Crippen molar-refractivity contribution in [2.24, 2.45) is 0 Å². The molecule has 0 amide bonds. The van der Waals surface area contributed by atoms with E-state index in [1.807, 2.05) is 32.3 Å². The molecule has 11 aromatic carbocycles. The molecule has 11 rings (SSSR count). The molecular formula is C70H50N2O2. The van der Waals surface area contributed by atoms with Gasteiger partial charge in [0.2, 0.25) is 0 Å². The van der Waals surface area contributed by atoms with Crippen molar-refractivity contribution in [3.05, 3.63) is 250 Å². The number of ether oxygens (including phenoxy) is 2. The topological polar surface area (TPSA) is 24.9 Å². The molecule has 0 heterocycles. The Kier molecular flexibility index (Phi) is 12.9. The molecule has 4 nitrogen and oxygen atoms in total. The van der Waals surface area contributed by atoms with Crippen LogP contribution in [0.1, 0.15) is 50.1 Å². The van der Waals surface area contributed by atoms with E-state index in [9.17, 15) is 0 Å². The molecule has 0 spiro atoms. The van der Waals surface area contributed by atoms with Crippen LogP contribution in [-0.4, -0.2) is 35.3 Å². The van der Waals surface area contributed by atoms with Crippen molar-refractivity contribution in [2.45, 2.75) is 6.61 Å². The van der Waals surface area contributed by atoms with Crippen LogP contribution in [0.2, 0.25) is 0 Å². The van der Waals surface area contributed by atoms with Crippen LogP contribution >= 0.6 is 0 Å². The van der Waals surface area contributed by atoms with Gasteiger partial charge in [0.1, 0.15) is 18.1 Å². The zero-order chi connectivity index (χ0) is 50.5. The maximum Gasteiger partial charge on any atom is 0.120 e. The summed E-state index contributed by atoms with van der Waals surface area (Å²) in [6.45, 7) is 0.375. The Morgan fingerprint density at radius 3 is 1.32 bits per heavy atom. The average molecular weight is 951 g/mol. The molecule has 74 heavy (non-hydrogen) atoms.